The van der Waals surface area contributed by atoms with Gasteiger partial charge in [-0.05, 0) is 39.7 Å². The van der Waals surface area contributed by atoms with Crippen LogP contribution in [-0.2, 0) is 4.79 Å². The van der Waals surface area contributed by atoms with Gasteiger partial charge in [-0.1, -0.05) is 13.8 Å². The molecule has 0 unspecified atom stereocenters. The molecule has 0 saturated carbocycles. The highest BCUT2D eigenvalue weighted by Crippen LogP contribution is 2.19. The number of carbonyl (C=O) groups is 1. The molecule has 4 heteroatoms. The summed E-state index contributed by atoms with van der Waals surface area (Å²) in [5.74, 6) is 1.06. The molecular formula is C16H33N3O. The number of carbonyl (C=O) groups excluding carboxylic acids is 1. The minimum absolute atomic E-state index is 0.314. The Morgan fingerprint density at radius 3 is 2.35 bits per heavy atom. The van der Waals surface area contributed by atoms with Crippen molar-refractivity contribution in [3.63, 3.8) is 0 Å². The zero-order valence-corrected chi connectivity index (χ0v) is 14.0. The first-order valence-corrected chi connectivity index (χ1v) is 8.11. The average Bonchev–Trinajstić information content (AvgIpc) is 2.38. The van der Waals surface area contributed by atoms with E-state index in [1.54, 1.807) is 0 Å². The lowest BCUT2D eigenvalue weighted by molar-refractivity contribution is -0.132. The summed E-state index contributed by atoms with van der Waals surface area (Å²) in [5.41, 5.74) is 0. The van der Waals surface area contributed by atoms with Gasteiger partial charge in [-0.15, -0.1) is 0 Å². The van der Waals surface area contributed by atoms with Crippen LogP contribution in [0.1, 0.15) is 47.0 Å². The third-order valence-electron chi connectivity index (χ3n) is 4.29. The fourth-order valence-electron chi connectivity index (χ4n) is 2.61. The van der Waals surface area contributed by atoms with Crippen LogP contribution in [0.3, 0.4) is 0 Å². The van der Waals surface area contributed by atoms with Crippen molar-refractivity contribution in [2.75, 3.05) is 33.2 Å². The largest absolute Gasteiger partial charge is 0.343 e. The molecule has 1 saturated heterocycles. The molecule has 0 aromatic rings. The molecule has 1 fully saturated rings. The Kier molecular flexibility index (Phi) is 7.52. The lowest BCUT2D eigenvalue weighted by Gasteiger charge is -2.35. The Labute approximate surface area is 124 Å². The van der Waals surface area contributed by atoms with Crippen molar-refractivity contribution in [3.8, 4) is 0 Å². The molecular weight excluding hydrogens is 250 g/mol. The van der Waals surface area contributed by atoms with Gasteiger partial charge in [0.1, 0.15) is 0 Å². The molecule has 0 atom stereocenters. The van der Waals surface area contributed by atoms with Gasteiger partial charge in [0.05, 0.1) is 0 Å². The standard InChI is InChI=1S/C16H33N3O/c1-13(2)17-9-6-16(20)19-10-7-15(8-11-19)12-18(5)14(3)4/h13-15,17H,6-12H2,1-5H3. The van der Waals surface area contributed by atoms with E-state index in [1.165, 1.54) is 0 Å². The van der Waals surface area contributed by atoms with Gasteiger partial charge in [0.15, 0.2) is 0 Å². The average molecular weight is 283 g/mol. The van der Waals surface area contributed by atoms with Crippen LogP contribution in [0.15, 0.2) is 0 Å². The predicted octanol–water partition coefficient (Wildman–Crippen LogP) is 1.95. The molecule has 118 valence electrons. The van der Waals surface area contributed by atoms with E-state index >= 15 is 0 Å². The third kappa shape index (κ3) is 6.23. The smallest absolute Gasteiger partial charge is 0.223 e. The van der Waals surface area contributed by atoms with Gasteiger partial charge in [0, 0.05) is 44.7 Å². The lowest BCUT2D eigenvalue weighted by atomic mass is 9.95. The third-order valence-corrected chi connectivity index (χ3v) is 4.29. The molecule has 0 radical (unpaired) electrons. The van der Waals surface area contributed by atoms with Crippen LogP contribution >= 0.6 is 0 Å². The molecule has 0 aliphatic carbocycles. The van der Waals surface area contributed by atoms with Crippen LogP contribution in [0.5, 0.6) is 0 Å². The minimum Gasteiger partial charge on any atom is -0.343 e. The van der Waals surface area contributed by atoms with Gasteiger partial charge < -0.3 is 15.1 Å². The number of nitrogens with zero attached hydrogens (tertiary/aromatic N) is 2. The van der Waals surface area contributed by atoms with Crippen molar-refractivity contribution in [1.82, 2.24) is 15.1 Å². The Morgan fingerprint density at radius 1 is 1.25 bits per heavy atom. The topological polar surface area (TPSA) is 35.6 Å². The number of piperidine rings is 1. The summed E-state index contributed by atoms with van der Waals surface area (Å²) in [4.78, 5) is 16.6. The van der Waals surface area contributed by atoms with Crippen molar-refractivity contribution in [1.29, 1.82) is 0 Å². The van der Waals surface area contributed by atoms with Crippen molar-refractivity contribution < 1.29 is 4.79 Å². The van der Waals surface area contributed by atoms with Crippen molar-refractivity contribution in [2.45, 2.75) is 59.0 Å². The highest BCUT2D eigenvalue weighted by Gasteiger charge is 2.23. The van der Waals surface area contributed by atoms with Crippen LogP contribution < -0.4 is 5.32 Å². The second kappa shape index (κ2) is 8.63. The fraction of sp³-hybridized carbons (Fsp3) is 0.938. The van der Waals surface area contributed by atoms with Gasteiger partial charge in [0.25, 0.3) is 0 Å². The zero-order chi connectivity index (χ0) is 15.1. The summed E-state index contributed by atoms with van der Waals surface area (Å²) in [7, 11) is 2.19. The summed E-state index contributed by atoms with van der Waals surface area (Å²) in [6.07, 6.45) is 2.94. The minimum atomic E-state index is 0.314. The first kappa shape index (κ1) is 17.4. The highest BCUT2D eigenvalue weighted by molar-refractivity contribution is 5.76. The second-order valence-electron chi connectivity index (χ2n) is 6.72. The number of nitrogens with one attached hydrogen (secondary N) is 1. The molecule has 4 nitrogen and oxygen atoms in total. The Hall–Kier alpha value is -0.610. The SMILES string of the molecule is CC(C)NCCC(=O)N1CCC(CN(C)C(C)C)CC1. The highest BCUT2D eigenvalue weighted by atomic mass is 16.2. The molecule has 20 heavy (non-hydrogen) atoms. The maximum Gasteiger partial charge on any atom is 0.223 e. The molecule has 1 N–H and O–H groups in total. The molecule has 1 aliphatic rings. The van der Waals surface area contributed by atoms with Crippen LogP contribution in [0.4, 0.5) is 0 Å². The van der Waals surface area contributed by atoms with E-state index < -0.39 is 0 Å². The maximum atomic E-state index is 12.1. The van der Waals surface area contributed by atoms with Crippen LogP contribution in [0, 0.1) is 5.92 Å². The number of rotatable bonds is 7. The summed E-state index contributed by atoms with van der Waals surface area (Å²) in [6, 6.07) is 1.07. The summed E-state index contributed by atoms with van der Waals surface area (Å²) in [5, 5.41) is 3.31. The van der Waals surface area contributed by atoms with E-state index in [4.69, 9.17) is 0 Å². The van der Waals surface area contributed by atoms with E-state index in [-0.39, 0.29) is 0 Å². The molecule has 1 aliphatic heterocycles. The molecule has 1 heterocycles. The first-order chi connectivity index (χ1) is 9.40. The lowest BCUT2D eigenvalue weighted by Crippen LogP contribution is -2.42. The fourth-order valence-corrected chi connectivity index (χ4v) is 2.61. The Balaban J connectivity index is 2.22. The van der Waals surface area contributed by atoms with Crippen molar-refractivity contribution >= 4 is 5.91 Å². The predicted molar refractivity (Wildman–Crippen MR) is 84.8 cm³/mol. The number of hydrogen-bond donors (Lipinski definition) is 1. The van der Waals surface area contributed by atoms with Crippen LogP contribution in [0.25, 0.3) is 0 Å². The van der Waals surface area contributed by atoms with E-state index in [0.717, 1.165) is 44.9 Å². The van der Waals surface area contributed by atoms with Crippen molar-refractivity contribution in [3.05, 3.63) is 0 Å². The second-order valence-corrected chi connectivity index (χ2v) is 6.72. The van der Waals surface area contributed by atoms with E-state index in [2.05, 4.69) is 45.0 Å². The first-order valence-electron chi connectivity index (χ1n) is 8.11. The number of likely N-dealkylation sites (tertiary alicyclic amines) is 1. The van der Waals surface area contributed by atoms with Gasteiger partial charge in [-0.3, -0.25) is 4.79 Å². The summed E-state index contributed by atoms with van der Waals surface area (Å²) in [6.45, 7) is 12.5. The zero-order valence-electron chi connectivity index (χ0n) is 14.0. The molecule has 1 rings (SSSR count). The maximum absolute atomic E-state index is 12.1. The van der Waals surface area contributed by atoms with Gasteiger partial charge >= 0.3 is 0 Å². The number of hydrogen-bond acceptors (Lipinski definition) is 3. The monoisotopic (exact) mass is 283 g/mol. The van der Waals surface area contributed by atoms with E-state index in [9.17, 15) is 4.79 Å². The molecule has 1 amide bonds. The van der Waals surface area contributed by atoms with E-state index in [0.29, 0.717) is 24.4 Å². The molecule has 0 aromatic carbocycles. The van der Waals surface area contributed by atoms with Gasteiger partial charge in [-0.25, -0.2) is 0 Å². The Bertz CT molecular complexity index is 283. The Morgan fingerprint density at radius 2 is 1.85 bits per heavy atom. The summed E-state index contributed by atoms with van der Waals surface area (Å²) >= 11 is 0. The summed E-state index contributed by atoms with van der Waals surface area (Å²) < 4.78 is 0. The quantitative estimate of drug-likeness (QED) is 0.776. The molecule has 0 aromatic heterocycles. The van der Waals surface area contributed by atoms with Gasteiger partial charge in [0.2, 0.25) is 5.91 Å². The van der Waals surface area contributed by atoms with Gasteiger partial charge in [-0.2, -0.15) is 0 Å². The van der Waals surface area contributed by atoms with E-state index in [1.807, 2.05) is 4.90 Å². The molecule has 0 bridgehead atoms. The normalized spacial score (nSPS) is 17.5. The number of amides is 1. The van der Waals surface area contributed by atoms with Crippen molar-refractivity contribution in [2.24, 2.45) is 5.92 Å². The van der Waals surface area contributed by atoms with Crippen LogP contribution in [0.2, 0.25) is 0 Å². The molecule has 0 spiro atoms. The van der Waals surface area contributed by atoms with Crippen LogP contribution in [-0.4, -0.2) is 61.0 Å².